The van der Waals surface area contributed by atoms with Crippen molar-refractivity contribution in [1.29, 1.82) is 0 Å². The molecule has 3 nitrogen and oxygen atoms in total. The molecule has 18 heavy (non-hydrogen) atoms. The van der Waals surface area contributed by atoms with Crippen molar-refractivity contribution in [3.05, 3.63) is 47.7 Å². The monoisotopic (exact) mass is 246 g/mol. The molecule has 1 N–H and O–H groups in total. The van der Waals surface area contributed by atoms with Gasteiger partial charge in [-0.15, -0.1) is 0 Å². The van der Waals surface area contributed by atoms with Gasteiger partial charge in [-0.2, -0.15) is 0 Å². The Balaban J connectivity index is 2.33. The van der Waals surface area contributed by atoms with Crippen LogP contribution in [-0.2, 0) is 11.3 Å². The fraction of sp³-hybridized carbons (Fsp3) is 0.333. The Bertz CT molecular complexity index is 502. The number of hydrogen-bond acceptors (Lipinski definition) is 3. The molecule has 1 aromatic carbocycles. The number of ether oxygens (including phenoxy) is 1. The van der Waals surface area contributed by atoms with Gasteiger partial charge in [-0.3, -0.25) is 0 Å². The van der Waals surface area contributed by atoms with Gasteiger partial charge in [0.2, 0.25) is 0 Å². The molecule has 1 atom stereocenters. The smallest absolute Gasteiger partial charge is 0.134 e. The molecule has 1 heterocycles. The maximum atomic E-state index is 9.74. The van der Waals surface area contributed by atoms with Gasteiger partial charge < -0.3 is 14.3 Å². The summed E-state index contributed by atoms with van der Waals surface area (Å²) in [6, 6.07) is 11.7. The van der Waals surface area contributed by atoms with Crippen molar-refractivity contribution >= 4 is 0 Å². The summed E-state index contributed by atoms with van der Waals surface area (Å²) >= 11 is 0. The van der Waals surface area contributed by atoms with E-state index in [9.17, 15) is 5.11 Å². The van der Waals surface area contributed by atoms with Crippen LogP contribution < -0.4 is 0 Å². The largest absolute Gasteiger partial charge is 0.458 e. The summed E-state index contributed by atoms with van der Waals surface area (Å²) in [5.74, 6) is 1.38. The highest BCUT2D eigenvalue weighted by Crippen LogP contribution is 2.29. The van der Waals surface area contributed by atoms with E-state index in [1.165, 1.54) is 0 Å². The fourth-order valence-electron chi connectivity index (χ4n) is 1.92. The van der Waals surface area contributed by atoms with E-state index < -0.39 is 6.10 Å². The van der Waals surface area contributed by atoms with Crippen LogP contribution in [0.3, 0.4) is 0 Å². The van der Waals surface area contributed by atoms with Crippen LogP contribution in [0.2, 0.25) is 0 Å². The van der Waals surface area contributed by atoms with Crippen molar-refractivity contribution in [2.24, 2.45) is 0 Å². The zero-order valence-corrected chi connectivity index (χ0v) is 10.7. The van der Waals surface area contributed by atoms with Gasteiger partial charge in [-0.1, -0.05) is 31.2 Å². The van der Waals surface area contributed by atoms with Crippen LogP contribution in [0.25, 0.3) is 11.3 Å². The summed E-state index contributed by atoms with van der Waals surface area (Å²) in [7, 11) is 1.67. The van der Waals surface area contributed by atoms with Gasteiger partial charge in [0.25, 0.3) is 0 Å². The van der Waals surface area contributed by atoms with Crippen LogP contribution in [0.15, 0.2) is 40.8 Å². The van der Waals surface area contributed by atoms with E-state index in [0.29, 0.717) is 18.8 Å². The second-order valence-electron chi connectivity index (χ2n) is 4.22. The molecule has 1 aromatic heterocycles. The fourth-order valence-corrected chi connectivity index (χ4v) is 1.92. The zero-order chi connectivity index (χ0) is 13.0. The molecule has 2 rings (SSSR count). The summed E-state index contributed by atoms with van der Waals surface area (Å²) in [6.07, 6.45) is 0.112. The molecular formula is C15H18O3. The first-order valence-electron chi connectivity index (χ1n) is 6.11. The van der Waals surface area contributed by atoms with Gasteiger partial charge in [0.15, 0.2) is 0 Å². The van der Waals surface area contributed by atoms with Crippen molar-refractivity contribution in [3.63, 3.8) is 0 Å². The van der Waals surface area contributed by atoms with Gasteiger partial charge in [0.05, 0.1) is 6.61 Å². The number of aliphatic hydroxyl groups is 1. The molecule has 0 spiro atoms. The summed E-state index contributed by atoms with van der Waals surface area (Å²) < 4.78 is 10.9. The minimum Gasteiger partial charge on any atom is -0.458 e. The van der Waals surface area contributed by atoms with Gasteiger partial charge >= 0.3 is 0 Å². The Morgan fingerprint density at radius 1 is 1.22 bits per heavy atom. The molecule has 0 amide bonds. The highest BCUT2D eigenvalue weighted by Gasteiger charge is 2.13. The van der Waals surface area contributed by atoms with Crippen LogP contribution >= 0.6 is 0 Å². The number of furan rings is 1. The van der Waals surface area contributed by atoms with Crippen LogP contribution in [0.1, 0.15) is 30.8 Å². The first-order valence-corrected chi connectivity index (χ1v) is 6.11. The third-order valence-corrected chi connectivity index (χ3v) is 2.92. The number of benzene rings is 1. The highest BCUT2D eigenvalue weighted by atomic mass is 16.5. The van der Waals surface area contributed by atoms with E-state index in [-0.39, 0.29) is 0 Å². The predicted octanol–water partition coefficient (Wildman–Crippen LogP) is 3.54. The molecule has 0 saturated carbocycles. The molecular weight excluding hydrogens is 228 g/mol. The van der Waals surface area contributed by atoms with Crippen molar-refractivity contribution in [1.82, 2.24) is 0 Å². The van der Waals surface area contributed by atoms with E-state index in [1.807, 2.05) is 43.3 Å². The van der Waals surface area contributed by atoms with E-state index in [0.717, 1.165) is 16.9 Å². The molecule has 0 aliphatic carbocycles. The third-order valence-electron chi connectivity index (χ3n) is 2.92. The maximum Gasteiger partial charge on any atom is 0.134 e. The predicted molar refractivity (Wildman–Crippen MR) is 70.1 cm³/mol. The number of rotatable bonds is 5. The maximum absolute atomic E-state index is 9.74. The van der Waals surface area contributed by atoms with Crippen LogP contribution in [0.4, 0.5) is 0 Å². The molecule has 0 aliphatic heterocycles. The lowest BCUT2D eigenvalue weighted by Gasteiger charge is -2.07. The quantitative estimate of drug-likeness (QED) is 0.877. The molecule has 0 radical (unpaired) electrons. The van der Waals surface area contributed by atoms with E-state index in [2.05, 4.69) is 0 Å². The summed E-state index contributed by atoms with van der Waals surface area (Å²) in [5, 5.41) is 9.74. The highest BCUT2D eigenvalue weighted by molar-refractivity contribution is 5.62. The Morgan fingerprint density at radius 3 is 2.72 bits per heavy atom. The zero-order valence-electron chi connectivity index (χ0n) is 10.7. The molecule has 0 bridgehead atoms. The molecule has 0 aliphatic rings. The lowest BCUT2D eigenvalue weighted by Crippen LogP contribution is -1.92. The topological polar surface area (TPSA) is 42.6 Å². The first kappa shape index (κ1) is 12.9. The molecule has 2 aromatic rings. The number of hydrogen-bond donors (Lipinski definition) is 1. The summed E-state index contributed by atoms with van der Waals surface area (Å²) in [6.45, 7) is 2.47. The van der Waals surface area contributed by atoms with Gasteiger partial charge in [0, 0.05) is 12.7 Å². The van der Waals surface area contributed by atoms with Gasteiger partial charge in [-0.25, -0.2) is 0 Å². The lowest BCUT2D eigenvalue weighted by atomic mass is 10.1. The summed E-state index contributed by atoms with van der Waals surface area (Å²) in [5.41, 5.74) is 2.08. The Morgan fingerprint density at radius 2 is 2.00 bits per heavy atom. The average molecular weight is 246 g/mol. The molecule has 1 unspecified atom stereocenters. The minimum absolute atomic E-state index is 0.534. The second kappa shape index (κ2) is 5.85. The standard InChI is InChI=1S/C15H18O3/c1-3-13(16)15-9-8-14(18-15)12-7-5-4-6-11(12)10-17-2/h4-9,13,16H,3,10H2,1-2H3. The Labute approximate surface area is 107 Å². The third kappa shape index (κ3) is 2.63. The summed E-state index contributed by atoms with van der Waals surface area (Å²) in [4.78, 5) is 0. The normalized spacial score (nSPS) is 12.6. The minimum atomic E-state index is -0.534. The molecule has 0 fully saturated rings. The van der Waals surface area contributed by atoms with Crippen molar-refractivity contribution in [3.8, 4) is 11.3 Å². The van der Waals surface area contributed by atoms with Gasteiger partial charge in [0.1, 0.15) is 17.6 Å². The van der Waals surface area contributed by atoms with E-state index in [4.69, 9.17) is 9.15 Å². The number of aliphatic hydroxyl groups excluding tert-OH is 1. The van der Waals surface area contributed by atoms with Crippen molar-refractivity contribution < 1.29 is 14.3 Å². The van der Waals surface area contributed by atoms with Crippen molar-refractivity contribution in [2.45, 2.75) is 26.1 Å². The Kier molecular flexibility index (Phi) is 4.18. The SMILES string of the molecule is CCC(O)c1ccc(-c2ccccc2COC)o1. The molecule has 3 heteroatoms. The lowest BCUT2D eigenvalue weighted by molar-refractivity contribution is 0.146. The first-order chi connectivity index (χ1) is 8.76. The molecule has 0 saturated heterocycles. The second-order valence-corrected chi connectivity index (χ2v) is 4.22. The van der Waals surface area contributed by atoms with E-state index in [1.54, 1.807) is 7.11 Å². The van der Waals surface area contributed by atoms with Crippen molar-refractivity contribution in [2.75, 3.05) is 7.11 Å². The van der Waals surface area contributed by atoms with Crippen LogP contribution in [0.5, 0.6) is 0 Å². The van der Waals surface area contributed by atoms with Crippen LogP contribution in [0, 0.1) is 0 Å². The van der Waals surface area contributed by atoms with Crippen LogP contribution in [-0.4, -0.2) is 12.2 Å². The average Bonchev–Trinajstić information content (AvgIpc) is 2.88. The Hall–Kier alpha value is -1.58. The van der Waals surface area contributed by atoms with Gasteiger partial charge in [-0.05, 0) is 24.1 Å². The number of methoxy groups -OCH3 is 1. The van der Waals surface area contributed by atoms with E-state index >= 15 is 0 Å². The molecule has 96 valence electrons.